The van der Waals surface area contributed by atoms with E-state index in [1.54, 1.807) is 26.4 Å². The van der Waals surface area contributed by atoms with Crippen molar-refractivity contribution in [1.82, 2.24) is 0 Å². The molecule has 0 amide bonds. The van der Waals surface area contributed by atoms with E-state index in [2.05, 4.69) is 0 Å². The van der Waals surface area contributed by atoms with Gasteiger partial charge in [-0.15, -0.1) is 0 Å². The minimum absolute atomic E-state index is 0.0379. The molecule has 0 bridgehead atoms. The molecule has 6 atom stereocenters. The molecule has 7 rings (SSSR count). The van der Waals surface area contributed by atoms with Gasteiger partial charge in [-0.2, -0.15) is 0 Å². The van der Waals surface area contributed by atoms with Crippen LogP contribution in [0.25, 0.3) is 0 Å². The molecule has 1 N–H and O–H groups in total. The number of rotatable bonds is 9. The highest BCUT2D eigenvalue weighted by molar-refractivity contribution is 5.66. The van der Waals surface area contributed by atoms with Crippen LogP contribution in [0, 0.1) is 5.92 Å². The summed E-state index contributed by atoms with van der Waals surface area (Å²) in [6, 6.07) is 15.1. The Kier molecular flexibility index (Phi) is 7.45. The van der Waals surface area contributed by atoms with Crippen LogP contribution < -0.4 is 37.9 Å². The van der Waals surface area contributed by atoms with Crippen molar-refractivity contribution in [3.8, 4) is 46.0 Å². The number of benzene rings is 3. The monoisotopic (exact) mass is 610 g/mol. The second-order valence-corrected chi connectivity index (χ2v) is 10.9. The maximum absolute atomic E-state index is 12.0. The average molecular weight is 611 g/mol. The van der Waals surface area contributed by atoms with Crippen molar-refractivity contribution in [2.75, 3.05) is 55.1 Å². The van der Waals surface area contributed by atoms with E-state index in [-0.39, 0.29) is 37.6 Å². The summed E-state index contributed by atoms with van der Waals surface area (Å²) in [6.07, 6.45) is -2.46. The number of hydrogen-bond donors (Lipinski definition) is 1. The third-order valence-corrected chi connectivity index (χ3v) is 8.46. The topological polar surface area (TPSA) is 122 Å². The smallest absolute Gasteiger partial charge is 0.232 e. The summed E-state index contributed by atoms with van der Waals surface area (Å²) in [7, 11) is 6.19. The van der Waals surface area contributed by atoms with E-state index in [9.17, 15) is 5.11 Å². The number of hydrogen-bond acceptors (Lipinski definition) is 12. The van der Waals surface area contributed by atoms with Gasteiger partial charge < -0.3 is 57.2 Å². The van der Waals surface area contributed by atoms with Gasteiger partial charge in [0.25, 0.3) is 0 Å². The zero-order valence-corrected chi connectivity index (χ0v) is 24.8. The number of aliphatic hydroxyl groups is 1. The zero-order valence-electron chi connectivity index (χ0n) is 24.8. The minimum Gasteiger partial charge on any atom is -0.496 e. The lowest BCUT2D eigenvalue weighted by Gasteiger charge is -2.35. The van der Waals surface area contributed by atoms with Gasteiger partial charge in [0, 0.05) is 24.8 Å². The van der Waals surface area contributed by atoms with Crippen LogP contribution in [-0.4, -0.2) is 78.2 Å². The summed E-state index contributed by atoms with van der Waals surface area (Å²) in [5.74, 6) is 2.77. The van der Waals surface area contributed by atoms with Crippen molar-refractivity contribution >= 4 is 0 Å². The fraction of sp³-hybridized carbons (Fsp3) is 0.438. The Morgan fingerprint density at radius 3 is 2.34 bits per heavy atom. The van der Waals surface area contributed by atoms with Gasteiger partial charge in [0.15, 0.2) is 40.8 Å². The Morgan fingerprint density at radius 2 is 1.59 bits per heavy atom. The van der Waals surface area contributed by atoms with Gasteiger partial charge in [-0.3, -0.25) is 0 Å². The zero-order chi connectivity index (χ0) is 30.4. The van der Waals surface area contributed by atoms with Crippen LogP contribution in [0.1, 0.15) is 23.3 Å². The standard InChI is InChI=1S/C32H34O12/c1-34-14-25-26(17-8-6-5-7-9-17)43-22-11-20(35-2)18(10-21(22)42-25)27-19-13-38-31(32(19,33)15-39-27)44-29-23(36-3)12-24-28(30(29)37-4)41-16-40-24/h5-12,19,25-27,31,33H,13-16H2,1-4H3/t19-,25+,26+,27-,31-,32-/m1/s1. The molecule has 0 saturated carbocycles. The number of fused-ring (bicyclic) bond motifs is 3. The van der Waals surface area contributed by atoms with Crippen molar-refractivity contribution < 1.29 is 57.2 Å². The van der Waals surface area contributed by atoms with Gasteiger partial charge in [0.05, 0.1) is 53.2 Å². The summed E-state index contributed by atoms with van der Waals surface area (Å²) < 4.78 is 64.9. The predicted molar refractivity (Wildman–Crippen MR) is 152 cm³/mol. The molecule has 0 spiro atoms. The second kappa shape index (κ2) is 11.4. The molecule has 0 unspecified atom stereocenters. The molecule has 234 valence electrons. The quantitative estimate of drug-likeness (QED) is 0.379. The van der Waals surface area contributed by atoms with Crippen LogP contribution in [-0.2, 0) is 14.2 Å². The molecule has 0 aliphatic carbocycles. The summed E-state index contributed by atoms with van der Waals surface area (Å²) in [4.78, 5) is 0. The fourth-order valence-electron chi connectivity index (χ4n) is 6.28. The Bertz CT molecular complexity index is 1510. The molecular formula is C32H34O12. The predicted octanol–water partition coefficient (Wildman–Crippen LogP) is 3.82. The highest BCUT2D eigenvalue weighted by atomic mass is 16.7. The molecule has 3 aromatic carbocycles. The minimum atomic E-state index is -1.51. The maximum atomic E-state index is 12.0. The average Bonchev–Trinajstić information content (AvgIpc) is 3.74. The van der Waals surface area contributed by atoms with Gasteiger partial charge in [0.2, 0.25) is 30.3 Å². The van der Waals surface area contributed by atoms with Crippen LogP contribution in [0.5, 0.6) is 46.0 Å². The third-order valence-electron chi connectivity index (χ3n) is 8.46. The molecule has 2 saturated heterocycles. The molecular weight excluding hydrogens is 576 g/mol. The fourth-order valence-corrected chi connectivity index (χ4v) is 6.28. The van der Waals surface area contributed by atoms with Crippen molar-refractivity contribution in [3.05, 3.63) is 59.7 Å². The largest absolute Gasteiger partial charge is 0.496 e. The molecule has 44 heavy (non-hydrogen) atoms. The van der Waals surface area contributed by atoms with Crippen molar-refractivity contribution in [2.45, 2.75) is 30.2 Å². The lowest BCUT2D eigenvalue weighted by molar-refractivity contribution is -0.153. The van der Waals surface area contributed by atoms with Crippen molar-refractivity contribution in [3.63, 3.8) is 0 Å². The lowest BCUT2D eigenvalue weighted by Crippen LogP contribution is -2.47. The first kappa shape index (κ1) is 28.7. The number of methoxy groups -OCH3 is 4. The normalized spacial score (nSPS) is 28.0. The van der Waals surface area contributed by atoms with Crippen LogP contribution >= 0.6 is 0 Å². The van der Waals surface area contributed by atoms with Crippen LogP contribution in [0.3, 0.4) is 0 Å². The van der Waals surface area contributed by atoms with Crippen LogP contribution in [0.2, 0.25) is 0 Å². The van der Waals surface area contributed by atoms with Gasteiger partial charge in [-0.05, 0) is 11.6 Å². The van der Waals surface area contributed by atoms with E-state index in [1.807, 2.05) is 36.4 Å². The van der Waals surface area contributed by atoms with E-state index in [4.69, 9.17) is 52.1 Å². The molecule has 2 fully saturated rings. The van der Waals surface area contributed by atoms with Crippen molar-refractivity contribution in [1.29, 1.82) is 0 Å². The molecule has 12 heteroatoms. The number of ether oxygens (including phenoxy) is 11. The van der Waals surface area contributed by atoms with Gasteiger partial charge in [-0.1, -0.05) is 30.3 Å². The second-order valence-electron chi connectivity index (χ2n) is 10.9. The molecule has 4 aliphatic rings. The first-order valence-corrected chi connectivity index (χ1v) is 14.2. The van der Waals surface area contributed by atoms with Gasteiger partial charge in [-0.25, -0.2) is 0 Å². The Labute approximate surface area is 254 Å². The lowest BCUT2D eigenvalue weighted by atomic mass is 9.85. The Balaban J connectivity index is 1.17. The van der Waals surface area contributed by atoms with Gasteiger partial charge in [0.1, 0.15) is 5.75 Å². The molecule has 4 aliphatic heterocycles. The SMILES string of the molecule is COC[C@@H]1Oc2cc([C@H]3OC[C@]4(O)[C@@H](Oc5c(OC)cc6c(c5OC)OCO6)OC[C@H]34)c(OC)cc2O[C@H]1c1ccccc1. The van der Waals surface area contributed by atoms with E-state index in [1.165, 1.54) is 14.2 Å². The van der Waals surface area contributed by atoms with E-state index >= 15 is 0 Å². The summed E-state index contributed by atoms with van der Waals surface area (Å²) >= 11 is 0. The first-order valence-electron chi connectivity index (χ1n) is 14.2. The third kappa shape index (κ3) is 4.60. The Morgan fingerprint density at radius 1 is 0.818 bits per heavy atom. The highest BCUT2D eigenvalue weighted by Gasteiger charge is 2.61. The van der Waals surface area contributed by atoms with Crippen molar-refractivity contribution in [2.24, 2.45) is 5.92 Å². The molecule has 0 aromatic heterocycles. The summed E-state index contributed by atoms with van der Waals surface area (Å²) in [6.45, 7) is 0.460. The van der Waals surface area contributed by atoms with E-state index in [0.29, 0.717) is 46.7 Å². The molecule has 3 aromatic rings. The molecule has 0 radical (unpaired) electrons. The van der Waals surface area contributed by atoms with Crippen LogP contribution in [0.4, 0.5) is 0 Å². The van der Waals surface area contributed by atoms with E-state index < -0.39 is 30.0 Å². The molecule has 4 heterocycles. The Hall–Kier alpha value is -4.10. The summed E-state index contributed by atoms with van der Waals surface area (Å²) in [5, 5.41) is 12.0. The van der Waals surface area contributed by atoms with Gasteiger partial charge >= 0.3 is 0 Å². The summed E-state index contributed by atoms with van der Waals surface area (Å²) in [5.41, 5.74) is 0.150. The maximum Gasteiger partial charge on any atom is 0.232 e. The van der Waals surface area contributed by atoms with Crippen LogP contribution in [0.15, 0.2) is 48.5 Å². The first-order chi connectivity index (χ1) is 21.5. The van der Waals surface area contributed by atoms with E-state index in [0.717, 1.165) is 5.56 Å². The highest BCUT2D eigenvalue weighted by Crippen LogP contribution is 2.56. The molecule has 12 nitrogen and oxygen atoms in total.